The normalized spacial score (nSPS) is 0. The maximum Gasteiger partial charge on any atom is 0.187 e. The summed E-state index contributed by atoms with van der Waals surface area (Å²) in [6, 6.07) is 0. The molecular formula is H10AlMnNSi. The standard InChI is InChI=1S/Al.Mn.H3N.H4Si.3H/h;;1H3;1H4;;;. The van der Waals surface area contributed by atoms with Crippen molar-refractivity contribution in [2.45, 2.75) is 0 Å². The van der Waals surface area contributed by atoms with E-state index in [2.05, 4.69) is 0 Å². The van der Waals surface area contributed by atoms with Gasteiger partial charge in [-0.05, 0) is 11.0 Å². The molecule has 0 saturated heterocycles. The summed E-state index contributed by atoms with van der Waals surface area (Å²) in [4.78, 5) is 0. The van der Waals surface area contributed by atoms with Crippen molar-refractivity contribution >= 4 is 28.3 Å². The van der Waals surface area contributed by atoms with E-state index in [9.17, 15) is 0 Å². The molecular weight excluding hydrogens is 124 g/mol. The van der Waals surface area contributed by atoms with Crippen molar-refractivity contribution in [3.8, 4) is 0 Å². The van der Waals surface area contributed by atoms with Crippen LogP contribution in [0.25, 0.3) is 0 Å². The van der Waals surface area contributed by atoms with E-state index >= 15 is 0 Å². The van der Waals surface area contributed by atoms with E-state index in [-0.39, 0.29) is 51.5 Å². The molecule has 0 aromatic carbocycles. The molecule has 0 spiro atoms. The van der Waals surface area contributed by atoms with Gasteiger partial charge >= 0.3 is 0 Å². The van der Waals surface area contributed by atoms with Crippen molar-refractivity contribution in [1.82, 2.24) is 6.15 Å². The molecule has 0 bridgehead atoms. The molecule has 0 unspecified atom stereocenters. The molecule has 1 nitrogen and oxygen atoms in total. The van der Waals surface area contributed by atoms with Crippen molar-refractivity contribution in [1.29, 1.82) is 0 Å². The third-order valence-electron chi connectivity index (χ3n) is 0. The third kappa shape index (κ3) is 10.6. The molecule has 4 heteroatoms. The molecule has 3 N–H and O–H groups in total. The average molecular weight is 134 g/mol. The first-order valence-electron chi connectivity index (χ1n) is 0. The summed E-state index contributed by atoms with van der Waals surface area (Å²) < 4.78 is 0. The number of rotatable bonds is 0. The molecule has 0 amide bonds. The fourth-order valence-electron chi connectivity index (χ4n) is 0. The van der Waals surface area contributed by atoms with Crippen LogP contribution in [0.5, 0.6) is 0 Å². The largest absolute Gasteiger partial charge is 0.344 e. The van der Waals surface area contributed by atoms with E-state index in [1.807, 2.05) is 0 Å². The van der Waals surface area contributed by atoms with Crippen LogP contribution in [0.15, 0.2) is 0 Å². The third-order valence-corrected chi connectivity index (χ3v) is 0. The molecule has 0 aromatic rings. The van der Waals surface area contributed by atoms with Crippen molar-refractivity contribution in [3.63, 3.8) is 0 Å². The molecule has 0 fully saturated rings. The molecule has 0 heterocycles. The van der Waals surface area contributed by atoms with Gasteiger partial charge in [0, 0.05) is 17.1 Å². The average Bonchev–Trinajstić information content (AvgIpc) is 0. The summed E-state index contributed by atoms with van der Waals surface area (Å²) in [6.45, 7) is 0. The quantitative estimate of drug-likeness (QED) is 0.366. The van der Waals surface area contributed by atoms with Crippen LogP contribution in [0, 0.1) is 0 Å². The Morgan fingerprint density at radius 1 is 1.00 bits per heavy atom. The van der Waals surface area contributed by atoms with Crippen LogP contribution in [0.4, 0.5) is 0 Å². The minimum absolute atomic E-state index is 0. The van der Waals surface area contributed by atoms with E-state index in [1.54, 1.807) is 0 Å². The van der Waals surface area contributed by atoms with Crippen LogP contribution in [-0.4, -0.2) is 28.3 Å². The van der Waals surface area contributed by atoms with Gasteiger partial charge < -0.3 is 6.15 Å². The molecule has 0 saturated carbocycles. The SMILES string of the molecule is N.[AlH3].[Mn].[SiH4]. The first-order chi connectivity index (χ1) is 0. The monoisotopic (exact) mass is 134 g/mol. The fourth-order valence-corrected chi connectivity index (χ4v) is 0. The second-order valence-electron chi connectivity index (χ2n) is 0. The summed E-state index contributed by atoms with van der Waals surface area (Å²) in [6.07, 6.45) is 0. The molecule has 1 radical (unpaired) electrons. The maximum absolute atomic E-state index is 0. The predicted octanol–water partition coefficient (Wildman–Crippen LogP) is -2.48. The van der Waals surface area contributed by atoms with Gasteiger partial charge in [0.05, 0.1) is 0 Å². The number of hydrogen-bond donors (Lipinski definition) is 1. The Balaban J connectivity index is 0. The molecule has 29 valence electrons. The van der Waals surface area contributed by atoms with Crippen molar-refractivity contribution in [2.75, 3.05) is 0 Å². The van der Waals surface area contributed by atoms with Crippen LogP contribution < -0.4 is 6.15 Å². The van der Waals surface area contributed by atoms with Gasteiger partial charge in [-0.3, -0.25) is 0 Å². The van der Waals surface area contributed by atoms with Gasteiger partial charge in [-0.15, -0.1) is 0 Å². The topological polar surface area (TPSA) is 35.0 Å². The molecule has 4 heavy (non-hydrogen) atoms. The summed E-state index contributed by atoms with van der Waals surface area (Å²) >= 11 is 0. The minimum atomic E-state index is 0. The second-order valence-corrected chi connectivity index (χ2v) is 0. The molecule has 0 aliphatic rings. The van der Waals surface area contributed by atoms with Crippen molar-refractivity contribution in [3.05, 3.63) is 0 Å². The zero-order valence-electron chi connectivity index (χ0n) is 1.09. The Morgan fingerprint density at radius 3 is 1.00 bits per heavy atom. The van der Waals surface area contributed by atoms with Gasteiger partial charge in [0.15, 0.2) is 17.4 Å². The maximum atomic E-state index is 0. The van der Waals surface area contributed by atoms with Crippen LogP contribution in [0.3, 0.4) is 0 Å². The minimum Gasteiger partial charge on any atom is -0.344 e. The summed E-state index contributed by atoms with van der Waals surface area (Å²) in [7, 11) is 0. The molecule has 0 aliphatic carbocycles. The first-order valence-corrected chi connectivity index (χ1v) is 0. The summed E-state index contributed by atoms with van der Waals surface area (Å²) in [5, 5.41) is 0. The molecule has 0 rings (SSSR count). The second kappa shape index (κ2) is 29.2. The zero-order valence-corrected chi connectivity index (χ0v) is 2.27. The van der Waals surface area contributed by atoms with Gasteiger partial charge in [-0.25, -0.2) is 0 Å². The van der Waals surface area contributed by atoms with E-state index in [4.69, 9.17) is 0 Å². The smallest absolute Gasteiger partial charge is 0.187 e. The van der Waals surface area contributed by atoms with E-state index in [0.29, 0.717) is 0 Å². The van der Waals surface area contributed by atoms with Crippen LogP contribution in [0.1, 0.15) is 0 Å². The Bertz CT molecular complexity index is 8.00. The van der Waals surface area contributed by atoms with E-state index in [0.717, 1.165) is 0 Å². The van der Waals surface area contributed by atoms with Crippen molar-refractivity contribution in [2.24, 2.45) is 0 Å². The van der Waals surface area contributed by atoms with Crippen LogP contribution in [0.2, 0.25) is 0 Å². The summed E-state index contributed by atoms with van der Waals surface area (Å²) in [5.41, 5.74) is 0. The molecule has 0 aliphatic heterocycles. The van der Waals surface area contributed by atoms with Gasteiger partial charge in [0.25, 0.3) is 0 Å². The fraction of sp³-hybridized carbons (Fsp3) is 0. The van der Waals surface area contributed by atoms with Gasteiger partial charge in [-0.1, -0.05) is 0 Å². The molecule has 0 atom stereocenters. The van der Waals surface area contributed by atoms with Gasteiger partial charge in [0.2, 0.25) is 0 Å². The van der Waals surface area contributed by atoms with E-state index in [1.165, 1.54) is 0 Å². The predicted molar refractivity (Wildman–Crippen MR) is 26.3 cm³/mol. The molecule has 0 aromatic heterocycles. The van der Waals surface area contributed by atoms with E-state index < -0.39 is 0 Å². The van der Waals surface area contributed by atoms with Crippen LogP contribution >= 0.6 is 0 Å². The number of hydrogen-bond acceptors (Lipinski definition) is 1. The van der Waals surface area contributed by atoms with Gasteiger partial charge in [-0.2, -0.15) is 0 Å². The van der Waals surface area contributed by atoms with Crippen molar-refractivity contribution < 1.29 is 17.1 Å². The Hall–Kier alpha value is 1.23. The summed E-state index contributed by atoms with van der Waals surface area (Å²) in [5.74, 6) is 0. The van der Waals surface area contributed by atoms with Crippen LogP contribution in [-0.2, 0) is 17.1 Å². The first kappa shape index (κ1) is 61.9. The zero-order chi connectivity index (χ0) is 0. The Kier molecular flexibility index (Phi) is 452. The Morgan fingerprint density at radius 2 is 1.00 bits per heavy atom. The van der Waals surface area contributed by atoms with Gasteiger partial charge in [0.1, 0.15) is 0 Å². The Labute approximate surface area is 51.7 Å².